The van der Waals surface area contributed by atoms with Crippen LogP contribution in [0.5, 0.6) is 11.5 Å². The molecule has 2 aromatic carbocycles. The van der Waals surface area contributed by atoms with Gasteiger partial charge >= 0.3 is 7.82 Å². The molecule has 8 nitrogen and oxygen atoms in total. The van der Waals surface area contributed by atoms with Crippen molar-refractivity contribution in [3.8, 4) is 11.5 Å². The van der Waals surface area contributed by atoms with Gasteiger partial charge in [-0.1, -0.05) is 12.1 Å². The first kappa shape index (κ1) is 24.6. The molecule has 4 heterocycles. The monoisotopic (exact) mass is 522 g/mol. The maximum absolute atomic E-state index is 13.4. The second kappa shape index (κ2) is 9.84. The molecule has 6 rings (SSSR count). The summed E-state index contributed by atoms with van der Waals surface area (Å²) in [6.45, 7) is 2.19. The Kier molecular flexibility index (Phi) is 6.53. The molecule has 2 saturated heterocycles. The fourth-order valence-corrected chi connectivity index (χ4v) is 7.00. The van der Waals surface area contributed by atoms with Crippen molar-refractivity contribution in [1.29, 1.82) is 0 Å². The summed E-state index contributed by atoms with van der Waals surface area (Å²) in [5.74, 6) is 0.712. The van der Waals surface area contributed by atoms with Gasteiger partial charge in [-0.05, 0) is 101 Å². The first-order valence-corrected chi connectivity index (χ1v) is 14.7. The molecule has 2 aliphatic rings. The number of rotatable bonds is 8. The van der Waals surface area contributed by atoms with E-state index in [2.05, 4.69) is 33.9 Å². The number of aromatic nitrogens is 2. The molecule has 0 bridgehead atoms. The average Bonchev–Trinajstić information content (AvgIpc) is 3.65. The Labute approximate surface area is 217 Å². The van der Waals surface area contributed by atoms with Crippen molar-refractivity contribution < 1.29 is 18.5 Å². The summed E-state index contributed by atoms with van der Waals surface area (Å²) >= 11 is 0. The van der Waals surface area contributed by atoms with Crippen LogP contribution in [-0.4, -0.2) is 63.9 Å². The van der Waals surface area contributed by atoms with Crippen LogP contribution in [0.15, 0.2) is 48.8 Å². The molecular weight excluding hydrogens is 487 g/mol. The van der Waals surface area contributed by atoms with E-state index >= 15 is 0 Å². The highest BCUT2D eigenvalue weighted by Gasteiger charge is 2.30. The largest absolute Gasteiger partial charge is 0.584 e. The summed E-state index contributed by atoms with van der Waals surface area (Å²) < 4.78 is 24.9. The van der Waals surface area contributed by atoms with Gasteiger partial charge in [0.15, 0.2) is 0 Å². The molecule has 0 aliphatic carbocycles. The Balaban J connectivity index is 1.28. The number of aromatic amines is 2. The van der Waals surface area contributed by atoms with Crippen molar-refractivity contribution in [2.45, 2.75) is 50.6 Å². The number of H-pyrrole nitrogens is 2. The summed E-state index contributed by atoms with van der Waals surface area (Å²) in [6, 6.07) is 11.9. The summed E-state index contributed by atoms with van der Waals surface area (Å²) in [4.78, 5) is 22.3. The van der Waals surface area contributed by atoms with Crippen molar-refractivity contribution in [1.82, 2.24) is 19.8 Å². The topological polar surface area (TPSA) is 93.8 Å². The first-order chi connectivity index (χ1) is 17.9. The van der Waals surface area contributed by atoms with Crippen LogP contribution in [0.3, 0.4) is 0 Å². The van der Waals surface area contributed by atoms with Gasteiger partial charge in [0, 0.05) is 46.3 Å². The molecule has 3 N–H and O–H groups in total. The molecule has 2 fully saturated rings. The first-order valence-electron chi connectivity index (χ1n) is 13.2. The zero-order valence-electron chi connectivity index (χ0n) is 21.4. The van der Waals surface area contributed by atoms with Crippen molar-refractivity contribution in [3.05, 3.63) is 59.9 Å². The van der Waals surface area contributed by atoms with Crippen LogP contribution in [0.4, 0.5) is 0 Å². The van der Waals surface area contributed by atoms with Crippen LogP contribution in [0.1, 0.15) is 36.8 Å². The molecule has 37 heavy (non-hydrogen) atoms. The van der Waals surface area contributed by atoms with Crippen LogP contribution in [0.2, 0.25) is 0 Å². The van der Waals surface area contributed by atoms with E-state index in [4.69, 9.17) is 9.05 Å². The number of nitrogens with one attached hydrogen (secondary N) is 2. The fraction of sp³-hybridized carbons (Fsp3) is 0.429. The average molecular weight is 523 g/mol. The molecule has 196 valence electrons. The minimum atomic E-state index is -4.48. The highest BCUT2D eigenvalue weighted by atomic mass is 31.2. The molecule has 2 atom stereocenters. The quantitative estimate of drug-likeness (QED) is 0.265. The fourth-order valence-electron chi connectivity index (χ4n) is 6.16. The van der Waals surface area contributed by atoms with Crippen molar-refractivity contribution in [2.24, 2.45) is 0 Å². The van der Waals surface area contributed by atoms with Crippen LogP contribution < -0.4 is 9.05 Å². The van der Waals surface area contributed by atoms with Gasteiger partial charge in [-0.2, -0.15) is 0 Å². The smallest absolute Gasteiger partial charge is 0.394 e. The lowest BCUT2D eigenvalue weighted by Gasteiger charge is -2.20. The second-order valence-corrected chi connectivity index (χ2v) is 11.9. The maximum atomic E-state index is 13.4. The standard InChI is InChI=1S/C28H35N4O4P/c1-31-13-5-7-21(31)15-19-17-29-23-9-3-11-25(27(19)23)35-37(33,34)36-26-12-4-10-24-28(26)20(18-30-24)16-22-8-6-14-32(22)2/h3-4,9-12,17-18,21-22,29-30H,5-8,13-16H2,1-2H3,(H,33,34). The van der Waals surface area contributed by atoms with Crippen LogP contribution in [0.25, 0.3) is 21.8 Å². The molecule has 0 saturated carbocycles. The van der Waals surface area contributed by atoms with Gasteiger partial charge in [0.25, 0.3) is 0 Å². The summed E-state index contributed by atoms with van der Waals surface area (Å²) in [7, 11) is -0.174. The summed E-state index contributed by atoms with van der Waals surface area (Å²) in [5.41, 5.74) is 3.92. The molecule has 0 radical (unpaired) electrons. The lowest BCUT2D eigenvalue weighted by atomic mass is 10.0. The molecule has 2 aliphatic heterocycles. The molecule has 2 aromatic heterocycles. The number of nitrogens with zero attached hydrogens (tertiary/aromatic N) is 2. The highest BCUT2D eigenvalue weighted by Crippen LogP contribution is 2.48. The Morgan fingerprint density at radius 1 is 0.838 bits per heavy atom. The molecular formula is C28H35N4O4P. The molecule has 2 unspecified atom stereocenters. The normalized spacial score (nSPS) is 22.7. The Morgan fingerprint density at radius 3 is 1.70 bits per heavy atom. The van der Waals surface area contributed by atoms with E-state index in [9.17, 15) is 9.46 Å². The Morgan fingerprint density at radius 2 is 1.30 bits per heavy atom. The minimum absolute atomic E-state index is 0.356. The number of likely N-dealkylation sites (N-methyl/N-ethyl adjacent to an activating group) is 2. The van der Waals surface area contributed by atoms with Gasteiger partial charge in [0.2, 0.25) is 0 Å². The van der Waals surface area contributed by atoms with Gasteiger partial charge in [0.1, 0.15) is 11.5 Å². The van der Waals surface area contributed by atoms with Crippen LogP contribution >= 0.6 is 7.82 Å². The zero-order valence-corrected chi connectivity index (χ0v) is 22.3. The minimum Gasteiger partial charge on any atom is -0.394 e. The summed E-state index contributed by atoms with van der Waals surface area (Å²) in [5, 5.41) is 1.68. The van der Waals surface area contributed by atoms with Crippen molar-refractivity contribution >= 4 is 29.6 Å². The Hall–Kier alpha value is -2.77. The molecule has 9 heteroatoms. The van der Waals surface area contributed by atoms with Crippen molar-refractivity contribution in [2.75, 3.05) is 27.2 Å². The SMILES string of the molecule is CN1CCCC1Cc1c[nH]c2cccc(OP(=O)(O)Oc3cccc4[nH]cc(CC5CCCN5C)c34)c12. The number of phosphoric acid groups is 1. The van der Waals surface area contributed by atoms with E-state index in [0.29, 0.717) is 23.6 Å². The third-order valence-corrected chi connectivity index (χ3v) is 9.03. The van der Waals surface area contributed by atoms with E-state index < -0.39 is 7.82 Å². The van der Waals surface area contributed by atoms with Crippen LogP contribution in [0, 0.1) is 0 Å². The predicted molar refractivity (Wildman–Crippen MR) is 146 cm³/mol. The molecule has 0 spiro atoms. The predicted octanol–water partition coefficient (Wildman–Crippen LogP) is 5.48. The highest BCUT2D eigenvalue weighted by molar-refractivity contribution is 7.48. The van der Waals surface area contributed by atoms with Gasteiger partial charge in [0.05, 0.1) is 0 Å². The summed E-state index contributed by atoms with van der Waals surface area (Å²) in [6.07, 6.45) is 10.4. The Bertz CT molecular complexity index is 1360. The number of hydrogen-bond acceptors (Lipinski definition) is 5. The lowest BCUT2D eigenvalue weighted by molar-refractivity contribution is 0.292. The number of benzene rings is 2. The van der Waals surface area contributed by atoms with E-state index in [0.717, 1.165) is 71.7 Å². The number of fused-ring (bicyclic) bond motifs is 2. The van der Waals surface area contributed by atoms with Crippen molar-refractivity contribution in [3.63, 3.8) is 0 Å². The lowest BCUT2D eigenvalue weighted by Crippen LogP contribution is -2.26. The van der Waals surface area contributed by atoms with Gasteiger partial charge in [-0.25, -0.2) is 4.57 Å². The zero-order chi connectivity index (χ0) is 25.6. The molecule has 4 aromatic rings. The number of hydrogen-bond donors (Lipinski definition) is 3. The maximum Gasteiger partial charge on any atom is 0.584 e. The van der Waals surface area contributed by atoms with E-state index in [1.807, 2.05) is 36.7 Å². The van der Waals surface area contributed by atoms with Gasteiger partial charge < -0.3 is 28.8 Å². The van der Waals surface area contributed by atoms with Crippen LogP contribution in [-0.2, 0) is 17.4 Å². The third-order valence-electron chi connectivity index (χ3n) is 8.18. The number of likely N-dealkylation sites (tertiary alicyclic amines) is 2. The van der Waals surface area contributed by atoms with Gasteiger partial charge in [-0.3, -0.25) is 4.89 Å². The van der Waals surface area contributed by atoms with Gasteiger partial charge in [-0.15, -0.1) is 0 Å². The van der Waals surface area contributed by atoms with E-state index in [1.54, 1.807) is 12.1 Å². The second-order valence-electron chi connectivity index (χ2n) is 10.6. The molecule has 0 amide bonds. The van der Waals surface area contributed by atoms with E-state index in [-0.39, 0.29) is 0 Å². The van der Waals surface area contributed by atoms with E-state index in [1.165, 1.54) is 12.8 Å². The number of phosphoric ester groups is 1. The third kappa shape index (κ3) is 4.91.